The lowest BCUT2D eigenvalue weighted by Crippen LogP contribution is -1.80. The average Bonchev–Trinajstić information content (AvgIpc) is 2.94. The second-order valence-corrected chi connectivity index (χ2v) is 4.06. The van der Waals surface area contributed by atoms with E-state index in [4.69, 9.17) is 4.42 Å². The van der Waals surface area contributed by atoms with Gasteiger partial charge in [0.05, 0.1) is 6.26 Å². The molecule has 3 rings (SSSR count). The van der Waals surface area contributed by atoms with Crippen molar-refractivity contribution in [2.24, 2.45) is 0 Å². The van der Waals surface area contributed by atoms with Crippen LogP contribution in [0.25, 0.3) is 22.5 Å². The van der Waals surface area contributed by atoms with Crippen LogP contribution in [-0.4, -0.2) is 0 Å². The average molecular weight is 238 g/mol. The van der Waals surface area contributed by atoms with E-state index in [0.717, 1.165) is 22.5 Å². The standard InChI is InChI=1S/C16H11FO/c17-15-8-6-12(7-9-15)13-3-1-4-14(11-13)16-5-2-10-18-16/h1-11H. The third-order valence-electron chi connectivity index (χ3n) is 2.85. The molecule has 0 saturated heterocycles. The van der Waals surface area contributed by atoms with Gasteiger partial charge in [0, 0.05) is 5.56 Å². The van der Waals surface area contributed by atoms with E-state index in [1.807, 2.05) is 36.4 Å². The summed E-state index contributed by atoms with van der Waals surface area (Å²) in [4.78, 5) is 0. The van der Waals surface area contributed by atoms with Crippen molar-refractivity contribution in [2.45, 2.75) is 0 Å². The third kappa shape index (κ3) is 2.05. The molecule has 0 atom stereocenters. The summed E-state index contributed by atoms with van der Waals surface area (Å²) in [6, 6.07) is 18.3. The van der Waals surface area contributed by atoms with Crippen LogP contribution < -0.4 is 0 Å². The fourth-order valence-corrected chi connectivity index (χ4v) is 1.94. The van der Waals surface area contributed by atoms with Gasteiger partial charge in [-0.3, -0.25) is 0 Å². The quantitative estimate of drug-likeness (QED) is 0.627. The molecule has 0 N–H and O–H groups in total. The van der Waals surface area contributed by atoms with E-state index in [0.29, 0.717) is 0 Å². The van der Waals surface area contributed by atoms with Gasteiger partial charge >= 0.3 is 0 Å². The highest BCUT2D eigenvalue weighted by molar-refractivity contribution is 5.70. The number of hydrogen-bond donors (Lipinski definition) is 0. The highest BCUT2D eigenvalue weighted by atomic mass is 19.1. The first-order chi connectivity index (χ1) is 8.83. The maximum atomic E-state index is 12.9. The van der Waals surface area contributed by atoms with Gasteiger partial charge in [0.2, 0.25) is 0 Å². The minimum Gasteiger partial charge on any atom is -0.464 e. The Hall–Kier alpha value is -2.35. The predicted molar refractivity (Wildman–Crippen MR) is 69.5 cm³/mol. The molecule has 0 amide bonds. The molecule has 2 heteroatoms. The number of halogens is 1. The van der Waals surface area contributed by atoms with E-state index in [2.05, 4.69) is 0 Å². The Morgan fingerprint density at radius 2 is 1.50 bits per heavy atom. The molecule has 0 unspecified atom stereocenters. The van der Waals surface area contributed by atoms with Gasteiger partial charge in [0.15, 0.2) is 0 Å². The summed E-state index contributed by atoms with van der Waals surface area (Å²) in [6.45, 7) is 0. The molecule has 0 aliphatic rings. The molecule has 1 nitrogen and oxygen atoms in total. The molecule has 0 aliphatic heterocycles. The lowest BCUT2D eigenvalue weighted by molar-refractivity contribution is 0.582. The summed E-state index contributed by atoms with van der Waals surface area (Å²) < 4.78 is 18.3. The van der Waals surface area contributed by atoms with Crippen LogP contribution in [0.3, 0.4) is 0 Å². The van der Waals surface area contributed by atoms with E-state index in [1.165, 1.54) is 12.1 Å². The van der Waals surface area contributed by atoms with Gasteiger partial charge in [-0.05, 0) is 41.5 Å². The maximum absolute atomic E-state index is 12.9. The minimum absolute atomic E-state index is 0.221. The lowest BCUT2D eigenvalue weighted by Gasteiger charge is -2.04. The molecule has 0 radical (unpaired) electrons. The fraction of sp³-hybridized carbons (Fsp3) is 0. The zero-order chi connectivity index (χ0) is 12.4. The van der Waals surface area contributed by atoms with Crippen molar-refractivity contribution in [1.29, 1.82) is 0 Å². The minimum atomic E-state index is -0.221. The number of benzene rings is 2. The molecule has 1 heterocycles. The summed E-state index contributed by atoms with van der Waals surface area (Å²) in [6.07, 6.45) is 1.65. The van der Waals surface area contributed by atoms with Crippen LogP contribution in [0.2, 0.25) is 0 Å². The number of rotatable bonds is 2. The van der Waals surface area contributed by atoms with Crippen LogP contribution in [0, 0.1) is 5.82 Å². The van der Waals surface area contributed by atoms with Crippen LogP contribution in [0.4, 0.5) is 4.39 Å². The van der Waals surface area contributed by atoms with Gasteiger partial charge in [-0.15, -0.1) is 0 Å². The maximum Gasteiger partial charge on any atom is 0.133 e. The highest BCUT2D eigenvalue weighted by Gasteiger charge is 2.03. The molecule has 0 aliphatic carbocycles. The summed E-state index contributed by atoms with van der Waals surface area (Å²) >= 11 is 0. The lowest BCUT2D eigenvalue weighted by atomic mass is 10.0. The number of hydrogen-bond acceptors (Lipinski definition) is 1. The second kappa shape index (κ2) is 4.49. The third-order valence-corrected chi connectivity index (χ3v) is 2.85. The molecular weight excluding hydrogens is 227 g/mol. The topological polar surface area (TPSA) is 13.1 Å². The Kier molecular flexibility index (Phi) is 2.69. The van der Waals surface area contributed by atoms with E-state index < -0.39 is 0 Å². The largest absolute Gasteiger partial charge is 0.464 e. The Balaban J connectivity index is 2.03. The van der Waals surface area contributed by atoms with E-state index in [1.54, 1.807) is 18.4 Å². The van der Waals surface area contributed by atoms with Gasteiger partial charge < -0.3 is 4.42 Å². The highest BCUT2D eigenvalue weighted by Crippen LogP contribution is 2.26. The molecule has 0 saturated carbocycles. The Labute approximate surface area is 105 Å². The van der Waals surface area contributed by atoms with Crippen molar-refractivity contribution in [3.05, 3.63) is 72.7 Å². The first-order valence-electron chi connectivity index (χ1n) is 5.73. The first kappa shape index (κ1) is 10.8. The Morgan fingerprint density at radius 1 is 0.722 bits per heavy atom. The summed E-state index contributed by atoms with van der Waals surface area (Å²) in [7, 11) is 0. The van der Waals surface area contributed by atoms with E-state index in [9.17, 15) is 4.39 Å². The van der Waals surface area contributed by atoms with Crippen LogP contribution in [-0.2, 0) is 0 Å². The zero-order valence-corrected chi connectivity index (χ0v) is 9.64. The second-order valence-electron chi connectivity index (χ2n) is 4.06. The van der Waals surface area contributed by atoms with Crippen molar-refractivity contribution in [1.82, 2.24) is 0 Å². The molecule has 2 aromatic carbocycles. The van der Waals surface area contributed by atoms with E-state index >= 15 is 0 Å². The van der Waals surface area contributed by atoms with Crippen LogP contribution >= 0.6 is 0 Å². The SMILES string of the molecule is Fc1ccc(-c2cccc(-c3ccco3)c2)cc1. The smallest absolute Gasteiger partial charge is 0.133 e. The van der Waals surface area contributed by atoms with Gasteiger partial charge in [-0.2, -0.15) is 0 Å². The molecule has 0 spiro atoms. The fourth-order valence-electron chi connectivity index (χ4n) is 1.94. The van der Waals surface area contributed by atoms with Crippen molar-refractivity contribution in [2.75, 3.05) is 0 Å². The van der Waals surface area contributed by atoms with Crippen LogP contribution in [0.15, 0.2) is 71.3 Å². The van der Waals surface area contributed by atoms with Crippen LogP contribution in [0.1, 0.15) is 0 Å². The molecule has 0 bridgehead atoms. The number of furan rings is 1. The zero-order valence-electron chi connectivity index (χ0n) is 9.64. The molecule has 1 aromatic heterocycles. The molecule has 0 fully saturated rings. The van der Waals surface area contributed by atoms with Gasteiger partial charge in [-0.25, -0.2) is 4.39 Å². The van der Waals surface area contributed by atoms with Gasteiger partial charge in [0.25, 0.3) is 0 Å². The summed E-state index contributed by atoms with van der Waals surface area (Å²) in [5.41, 5.74) is 3.05. The van der Waals surface area contributed by atoms with Gasteiger partial charge in [0.1, 0.15) is 11.6 Å². The van der Waals surface area contributed by atoms with Crippen molar-refractivity contribution in [3.63, 3.8) is 0 Å². The van der Waals surface area contributed by atoms with Crippen LogP contribution in [0.5, 0.6) is 0 Å². The first-order valence-corrected chi connectivity index (χ1v) is 5.73. The van der Waals surface area contributed by atoms with Crippen molar-refractivity contribution in [3.8, 4) is 22.5 Å². The molecular formula is C16H11FO. The predicted octanol–water partition coefficient (Wildman–Crippen LogP) is 4.75. The molecule has 88 valence electrons. The molecule has 3 aromatic rings. The Bertz CT molecular complexity index is 639. The Morgan fingerprint density at radius 3 is 2.22 bits per heavy atom. The van der Waals surface area contributed by atoms with Crippen molar-refractivity contribution < 1.29 is 8.81 Å². The molecule has 18 heavy (non-hydrogen) atoms. The van der Waals surface area contributed by atoms with Gasteiger partial charge in [-0.1, -0.05) is 30.3 Å². The normalized spacial score (nSPS) is 10.5. The van der Waals surface area contributed by atoms with Crippen molar-refractivity contribution >= 4 is 0 Å². The van der Waals surface area contributed by atoms with E-state index in [-0.39, 0.29) is 5.82 Å². The monoisotopic (exact) mass is 238 g/mol. The summed E-state index contributed by atoms with van der Waals surface area (Å²) in [5, 5.41) is 0. The summed E-state index contributed by atoms with van der Waals surface area (Å²) in [5.74, 6) is 0.611.